The van der Waals surface area contributed by atoms with Crippen molar-refractivity contribution in [3.05, 3.63) is 0 Å². The topological polar surface area (TPSA) is 349 Å². The van der Waals surface area contributed by atoms with Crippen LogP contribution in [-0.2, 0) is 33.6 Å². The predicted molar refractivity (Wildman–Crippen MR) is 150 cm³/mol. The van der Waals surface area contributed by atoms with Gasteiger partial charge in [-0.05, 0) is 0 Å². The number of rotatable bonds is 10. The summed E-state index contributed by atoms with van der Waals surface area (Å²) in [4.78, 5) is 63.0. The highest BCUT2D eigenvalue weighted by molar-refractivity contribution is 5.64. The summed E-state index contributed by atoms with van der Waals surface area (Å²) in [5.41, 5.74) is 10.6. The fraction of sp³-hybridized carbons (Fsp3) is 0.682. The lowest BCUT2D eigenvalue weighted by Gasteiger charge is -2.06. The summed E-state index contributed by atoms with van der Waals surface area (Å²) in [6, 6.07) is 0. The fourth-order valence-electron chi connectivity index (χ4n) is 0.933. The molecule has 0 aromatic rings. The smallest absolute Gasteiger partial charge is 0.300 e. The van der Waals surface area contributed by atoms with E-state index in [4.69, 9.17) is 80.8 Å². The van der Waals surface area contributed by atoms with Crippen LogP contribution >= 0.6 is 0 Å². The van der Waals surface area contributed by atoms with E-state index in [9.17, 15) is 0 Å². The van der Waals surface area contributed by atoms with Crippen LogP contribution in [0.4, 0.5) is 0 Å². The summed E-state index contributed by atoms with van der Waals surface area (Å²) in [5, 5.41) is 61.6. The number of aliphatic carboxylic acids is 7. The lowest BCUT2D eigenvalue weighted by Crippen LogP contribution is -2.35. The van der Waals surface area contributed by atoms with E-state index in [0.717, 1.165) is 87.7 Å². The van der Waals surface area contributed by atoms with Crippen LogP contribution in [0.1, 0.15) is 48.5 Å². The van der Waals surface area contributed by atoms with Gasteiger partial charge in [-0.25, -0.2) is 0 Å². The highest BCUT2D eigenvalue weighted by Gasteiger charge is 1.87. The summed E-state index contributed by atoms with van der Waals surface area (Å²) in [5.74, 6) is -5.83. The Bertz CT molecular complexity index is 480. The Balaban J connectivity index is -0.0000000548. The van der Waals surface area contributed by atoms with Gasteiger partial charge >= 0.3 is 0 Å². The van der Waals surface area contributed by atoms with Gasteiger partial charge in [0.05, 0.1) is 0 Å². The molecule has 248 valence electrons. The van der Waals surface area contributed by atoms with Gasteiger partial charge in [0.1, 0.15) is 0 Å². The summed E-state index contributed by atoms with van der Waals surface area (Å²) in [7, 11) is 0. The molecule has 0 bridgehead atoms. The van der Waals surface area contributed by atoms with E-state index in [1.54, 1.807) is 0 Å². The van der Waals surface area contributed by atoms with Gasteiger partial charge in [-0.15, -0.1) is 0 Å². The first kappa shape index (κ1) is 57.1. The molecule has 0 aliphatic carbocycles. The Hall–Kier alpha value is -3.91. The van der Waals surface area contributed by atoms with Crippen molar-refractivity contribution < 1.29 is 69.3 Å². The molecule has 0 spiro atoms. The van der Waals surface area contributed by atoms with E-state index in [1.165, 1.54) is 0 Å². The average Bonchev–Trinajstić information content (AvgIpc) is 2.70. The molecular weight excluding hydrogens is 558 g/mol. The SMILES string of the molecule is CC(=O)O.CC(=O)O.CC(=O)O.CC(=O)O.CC(=O)O.CC(=O)O.CC(=O)O.NCCNCCNCCNCCN. The van der Waals surface area contributed by atoms with Crippen LogP contribution in [0.5, 0.6) is 0 Å². The highest BCUT2D eigenvalue weighted by atomic mass is 16.4. The Kier molecular flexibility index (Phi) is 78.4. The number of hydrogen-bond acceptors (Lipinski definition) is 12. The number of carboxylic acids is 7. The maximum atomic E-state index is 9.00. The Morgan fingerprint density at radius 2 is 0.463 bits per heavy atom. The van der Waals surface area contributed by atoms with Crippen LogP contribution in [-0.4, -0.2) is 130 Å². The average molecular weight is 610 g/mol. The molecular formula is C22H51N5O14. The Labute approximate surface area is 239 Å². The molecule has 0 rings (SSSR count). The molecule has 0 aliphatic rings. The summed E-state index contributed by atoms with van der Waals surface area (Å²) >= 11 is 0. The quantitative estimate of drug-likeness (QED) is 0.123. The number of carboxylic acid groups (broad SMARTS) is 7. The minimum Gasteiger partial charge on any atom is -0.481 e. The third kappa shape index (κ3) is 1130. The zero-order valence-electron chi connectivity index (χ0n) is 24.8. The van der Waals surface area contributed by atoms with Gasteiger partial charge in [-0.2, -0.15) is 0 Å². The van der Waals surface area contributed by atoms with Gasteiger partial charge in [-0.3, -0.25) is 33.6 Å². The van der Waals surface area contributed by atoms with Crippen molar-refractivity contribution in [1.29, 1.82) is 0 Å². The van der Waals surface area contributed by atoms with Gasteiger partial charge in [0, 0.05) is 101 Å². The number of hydrogen-bond donors (Lipinski definition) is 12. The molecule has 0 heterocycles. The summed E-state index contributed by atoms with van der Waals surface area (Å²) in [6.45, 7) is 14.7. The second-order valence-corrected chi connectivity index (χ2v) is 6.46. The lowest BCUT2D eigenvalue weighted by molar-refractivity contribution is -0.135. The van der Waals surface area contributed by atoms with Crippen molar-refractivity contribution in [3.8, 4) is 0 Å². The predicted octanol–water partition coefficient (Wildman–Crippen LogP) is -1.69. The van der Waals surface area contributed by atoms with Crippen molar-refractivity contribution in [3.63, 3.8) is 0 Å². The lowest BCUT2D eigenvalue weighted by atomic mass is 10.5. The molecule has 0 amide bonds. The molecule has 0 aliphatic heterocycles. The summed E-state index contributed by atoms with van der Waals surface area (Å²) in [6.07, 6.45) is 0. The normalized spacial score (nSPS) is 7.63. The molecule has 0 fully saturated rings. The van der Waals surface area contributed by atoms with Gasteiger partial charge in [-0.1, -0.05) is 0 Å². The van der Waals surface area contributed by atoms with E-state index >= 15 is 0 Å². The van der Waals surface area contributed by atoms with Crippen molar-refractivity contribution in [2.24, 2.45) is 11.5 Å². The molecule has 0 aromatic heterocycles. The second kappa shape index (κ2) is 56.3. The van der Waals surface area contributed by atoms with Crippen LogP contribution in [0.25, 0.3) is 0 Å². The number of nitrogens with one attached hydrogen (secondary N) is 3. The number of carbonyl (C=O) groups is 7. The fourth-order valence-corrected chi connectivity index (χ4v) is 0.933. The van der Waals surface area contributed by atoms with E-state index in [1.807, 2.05) is 0 Å². The summed E-state index contributed by atoms with van der Waals surface area (Å²) < 4.78 is 0. The maximum Gasteiger partial charge on any atom is 0.300 e. The molecule has 19 heteroatoms. The third-order valence-electron chi connectivity index (χ3n) is 1.60. The van der Waals surface area contributed by atoms with E-state index in [0.29, 0.717) is 13.1 Å². The molecule has 0 saturated heterocycles. The maximum absolute atomic E-state index is 9.00. The van der Waals surface area contributed by atoms with Gasteiger partial charge in [0.15, 0.2) is 0 Å². The standard InChI is InChI=1S/C8H23N5.7C2H4O2/c9-1-3-11-5-7-13-8-6-12-4-2-10;7*1-2(3)4/h11-13H,1-10H2;7*1H3,(H,3,4). The van der Waals surface area contributed by atoms with Crippen molar-refractivity contribution in [2.45, 2.75) is 48.5 Å². The minimum atomic E-state index is -0.833. The molecule has 19 nitrogen and oxygen atoms in total. The van der Waals surface area contributed by atoms with Crippen LogP contribution in [0.2, 0.25) is 0 Å². The first-order valence-electron chi connectivity index (χ1n) is 11.4. The van der Waals surface area contributed by atoms with Crippen molar-refractivity contribution in [1.82, 2.24) is 16.0 Å². The molecule has 0 radical (unpaired) electrons. The molecule has 0 unspecified atom stereocenters. The molecule has 0 aromatic carbocycles. The van der Waals surface area contributed by atoms with Crippen LogP contribution in [0.3, 0.4) is 0 Å². The van der Waals surface area contributed by atoms with Gasteiger partial charge in [0.25, 0.3) is 41.8 Å². The van der Waals surface area contributed by atoms with Crippen LogP contribution in [0, 0.1) is 0 Å². The van der Waals surface area contributed by atoms with Gasteiger partial charge < -0.3 is 63.2 Å². The highest BCUT2D eigenvalue weighted by Crippen LogP contribution is 1.60. The van der Waals surface area contributed by atoms with Crippen molar-refractivity contribution in [2.75, 3.05) is 52.4 Å². The van der Waals surface area contributed by atoms with E-state index in [-0.39, 0.29) is 0 Å². The van der Waals surface area contributed by atoms with Crippen LogP contribution in [0.15, 0.2) is 0 Å². The Morgan fingerprint density at radius 1 is 0.366 bits per heavy atom. The molecule has 14 N–H and O–H groups in total. The minimum absolute atomic E-state index is 0.706. The zero-order valence-corrected chi connectivity index (χ0v) is 24.8. The molecule has 41 heavy (non-hydrogen) atoms. The largest absolute Gasteiger partial charge is 0.481 e. The zero-order chi connectivity index (χ0) is 34.8. The number of nitrogens with two attached hydrogens (primary N) is 2. The van der Waals surface area contributed by atoms with Crippen LogP contribution < -0.4 is 27.4 Å². The second-order valence-electron chi connectivity index (χ2n) is 6.46. The van der Waals surface area contributed by atoms with Crippen molar-refractivity contribution >= 4 is 41.8 Å². The van der Waals surface area contributed by atoms with E-state index in [2.05, 4.69) is 16.0 Å². The first-order chi connectivity index (χ1) is 18.5. The Morgan fingerprint density at radius 3 is 0.561 bits per heavy atom. The van der Waals surface area contributed by atoms with Gasteiger partial charge in [0.2, 0.25) is 0 Å². The molecule has 0 saturated carbocycles. The third-order valence-corrected chi connectivity index (χ3v) is 1.60. The monoisotopic (exact) mass is 609 g/mol. The molecule has 0 atom stereocenters. The van der Waals surface area contributed by atoms with E-state index < -0.39 is 41.8 Å². The first-order valence-corrected chi connectivity index (χ1v) is 11.4.